The predicted molar refractivity (Wildman–Crippen MR) is 121 cm³/mol. The second kappa shape index (κ2) is 8.87. The lowest BCUT2D eigenvalue weighted by molar-refractivity contribution is -0.123. The van der Waals surface area contributed by atoms with Crippen LogP contribution < -0.4 is 15.6 Å². The van der Waals surface area contributed by atoms with Gasteiger partial charge in [-0.05, 0) is 37.1 Å². The topological polar surface area (TPSA) is 85.6 Å². The standard InChI is InChI=1S/C22H19ClN4O3S/c1-13-5-3-6-14(2)20(13)30-12-18(28)24-11-17-10-19(29)27-22(25-17)31-21(26-27)15-7-4-8-16(23)9-15/h3-10H,11-12H2,1-2H3,(H,24,28). The van der Waals surface area contributed by atoms with Crippen LogP contribution in [0.2, 0.25) is 5.02 Å². The highest BCUT2D eigenvalue weighted by atomic mass is 35.5. The summed E-state index contributed by atoms with van der Waals surface area (Å²) in [7, 11) is 0. The Kier molecular flexibility index (Phi) is 6.01. The molecule has 2 aromatic carbocycles. The second-order valence-corrected chi connectivity index (χ2v) is 8.38. The van der Waals surface area contributed by atoms with Gasteiger partial charge in [-0.2, -0.15) is 9.61 Å². The number of hydrogen-bond donors (Lipinski definition) is 1. The third-order valence-corrected chi connectivity index (χ3v) is 5.79. The van der Waals surface area contributed by atoms with E-state index in [-0.39, 0.29) is 24.6 Å². The summed E-state index contributed by atoms with van der Waals surface area (Å²) in [6, 6.07) is 14.4. The summed E-state index contributed by atoms with van der Waals surface area (Å²) < 4.78 is 6.90. The molecule has 0 bridgehead atoms. The molecule has 0 aliphatic rings. The van der Waals surface area contributed by atoms with Crippen LogP contribution in [0, 0.1) is 13.8 Å². The van der Waals surface area contributed by atoms with Crippen LogP contribution >= 0.6 is 22.9 Å². The molecule has 0 radical (unpaired) electrons. The van der Waals surface area contributed by atoms with Crippen molar-refractivity contribution in [3.63, 3.8) is 0 Å². The quantitative estimate of drug-likeness (QED) is 0.479. The number of aromatic nitrogens is 3. The first-order chi connectivity index (χ1) is 14.9. The van der Waals surface area contributed by atoms with Crippen LogP contribution in [0.4, 0.5) is 0 Å². The van der Waals surface area contributed by atoms with Crippen LogP contribution in [0.15, 0.2) is 53.3 Å². The number of benzene rings is 2. The van der Waals surface area contributed by atoms with E-state index in [0.717, 1.165) is 16.7 Å². The van der Waals surface area contributed by atoms with Gasteiger partial charge in [0.1, 0.15) is 10.8 Å². The molecule has 1 N–H and O–H groups in total. The molecule has 0 unspecified atom stereocenters. The number of halogens is 1. The number of nitrogens with one attached hydrogen (secondary N) is 1. The van der Waals surface area contributed by atoms with Crippen molar-refractivity contribution in [2.75, 3.05) is 6.61 Å². The SMILES string of the molecule is Cc1cccc(C)c1OCC(=O)NCc1cc(=O)n2nc(-c3cccc(Cl)c3)sc2n1. The summed E-state index contributed by atoms with van der Waals surface area (Å²) in [5.41, 5.74) is 2.88. The lowest BCUT2D eigenvalue weighted by Crippen LogP contribution is -2.29. The highest BCUT2D eigenvalue weighted by Crippen LogP contribution is 2.26. The second-order valence-electron chi connectivity index (χ2n) is 6.98. The van der Waals surface area contributed by atoms with Gasteiger partial charge in [0.25, 0.3) is 11.5 Å². The van der Waals surface area contributed by atoms with Gasteiger partial charge in [0.2, 0.25) is 4.96 Å². The summed E-state index contributed by atoms with van der Waals surface area (Å²) in [5.74, 6) is 0.405. The first-order valence-corrected chi connectivity index (χ1v) is 10.7. The van der Waals surface area contributed by atoms with Gasteiger partial charge in [0.15, 0.2) is 6.61 Å². The fraction of sp³-hybridized carbons (Fsp3) is 0.182. The molecule has 0 spiro atoms. The Morgan fingerprint density at radius 1 is 1.16 bits per heavy atom. The Morgan fingerprint density at radius 2 is 1.90 bits per heavy atom. The van der Waals surface area contributed by atoms with E-state index in [1.807, 2.05) is 44.2 Å². The van der Waals surface area contributed by atoms with E-state index in [0.29, 0.717) is 26.4 Å². The molecule has 9 heteroatoms. The number of aryl methyl sites for hydroxylation is 2. The smallest absolute Gasteiger partial charge is 0.275 e. The van der Waals surface area contributed by atoms with Crippen molar-refractivity contribution < 1.29 is 9.53 Å². The summed E-state index contributed by atoms with van der Waals surface area (Å²) in [6.45, 7) is 3.86. The monoisotopic (exact) mass is 454 g/mol. The van der Waals surface area contributed by atoms with Gasteiger partial charge in [0, 0.05) is 16.7 Å². The molecule has 158 valence electrons. The molecule has 0 saturated heterocycles. The molecule has 2 aromatic heterocycles. The third-order valence-electron chi connectivity index (χ3n) is 4.59. The molecular weight excluding hydrogens is 436 g/mol. The summed E-state index contributed by atoms with van der Waals surface area (Å²) in [5, 5.41) is 8.29. The van der Waals surface area contributed by atoms with Gasteiger partial charge < -0.3 is 10.1 Å². The number of para-hydroxylation sites is 1. The normalized spacial score (nSPS) is 10.9. The van der Waals surface area contributed by atoms with Gasteiger partial charge in [-0.1, -0.05) is 53.3 Å². The number of ether oxygens (including phenoxy) is 1. The van der Waals surface area contributed by atoms with Crippen LogP contribution in [-0.4, -0.2) is 27.1 Å². The van der Waals surface area contributed by atoms with Crippen molar-refractivity contribution in [1.29, 1.82) is 0 Å². The molecule has 31 heavy (non-hydrogen) atoms. The molecule has 7 nitrogen and oxygen atoms in total. The Morgan fingerprint density at radius 3 is 2.65 bits per heavy atom. The van der Waals surface area contributed by atoms with Crippen molar-refractivity contribution in [2.45, 2.75) is 20.4 Å². The van der Waals surface area contributed by atoms with Gasteiger partial charge in [-0.15, -0.1) is 0 Å². The molecule has 0 saturated carbocycles. The minimum atomic E-state index is -0.314. The molecule has 1 amide bonds. The minimum absolute atomic E-state index is 0.116. The van der Waals surface area contributed by atoms with Crippen LogP contribution in [0.3, 0.4) is 0 Å². The lowest BCUT2D eigenvalue weighted by Gasteiger charge is -2.11. The highest BCUT2D eigenvalue weighted by molar-refractivity contribution is 7.19. The molecule has 4 rings (SSSR count). The number of rotatable bonds is 6. The van der Waals surface area contributed by atoms with Crippen LogP contribution in [-0.2, 0) is 11.3 Å². The maximum Gasteiger partial charge on any atom is 0.275 e. The van der Waals surface area contributed by atoms with Crippen LogP contribution in [0.5, 0.6) is 5.75 Å². The van der Waals surface area contributed by atoms with E-state index in [9.17, 15) is 9.59 Å². The van der Waals surface area contributed by atoms with Crippen LogP contribution in [0.25, 0.3) is 15.5 Å². The molecule has 2 heterocycles. The van der Waals surface area contributed by atoms with E-state index in [1.165, 1.54) is 21.9 Å². The van der Waals surface area contributed by atoms with Crippen molar-refractivity contribution in [3.8, 4) is 16.3 Å². The van der Waals surface area contributed by atoms with Gasteiger partial charge >= 0.3 is 0 Å². The zero-order chi connectivity index (χ0) is 22.0. The summed E-state index contributed by atoms with van der Waals surface area (Å²) in [6.07, 6.45) is 0. The van der Waals surface area contributed by atoms with Gasteiger partial charge in [-0.25, -0.2) is 4.98 Å². The fourth-order valence-corrected chi connectivity index (χ4v) is 4.20. The maximum atomic E-state index is 12.4. The van der Waals surface area contributed by atoms with Crippen molar-refractivity contribution >= 4 is 33.8 Å². The Bertz CT molecular complexity index is 1310. The van der Waals surface area contributed by atoms with E-state index < -0.39 is 0 Å². The number of carbonyl (C=O) groups excluding carboxylic acids is 1. The van der Waals surface area contributed by atoms with Gasteiger partial charge in [0.05, 0.1) is 12.2 Å². The minimum Gasteiger partial charge on any atom is -0.483 e. The van der Waals surface area contributed by atoms with E-state index in [1.54, 1.807) is 12.1 Å². The first-order valence-electron chi connectivity index (χ1n) is 9.52. The molecule has 0 aliphatic carbocycles. The number of carbonyl (C=O) groups is 1. The van der Waals surface area contributed by atoms with E-state index in [4.69, 9.17) is 16.3 Å². The van der Waals surface area contributed by atoms with Crippen molar-refractivity contribution in [1.82, 2.24) is 19.9 Å². The molecule has 4 aromatic rings. The fourth-order valence-electron chi connectivity index (χ4n) is 3.09. The average molecular weight is 455 g/mol. The average Bonchev–Trinajstić information content (AvgIpc) is 3.17. The number of nitrogens with zero attached hydrogens (tertiary/aromatic N) is 3. The molecule has 0 fully saturated rings. The number of amides is 1. The van der Waals surface area contributed by atoms with Crippen molar-refractivity contribution in [2.24, 2.45) is 0 Å². The third kappa shape index (κ3) is 4.76. The van der Waals surface area contributed by atoms with Crippen LogP contribution in [0.1, 0.15) is 16.8 Å². The lowest BCUT2D eigenvalue weighted by atomic mass is 10.1. The number of hydrogen-bond acceptors (Lipinski definition) is 6. The molecule has 0 atom stereocenters. The van der Waals surface area contributed by atoms with Crippen molar-refractivity contribution in [3.05, 3.63) is 80.7 Å². The zero-order valence-electron chi connectivity index (χ0n) is 16.9. The van der Waals surface area contributed by atoms with E-state index >= 15 is 0 Å². The summed E-state index contributed by atoms with van der Waals surface area (Å²) in [4.78, 5) is 29.6. The Balaban J connectivity index is 1.45. The highest BCUT2D eigenvalue weighted by Gasteiger charge is 2.12. The Labute approximate surface area is 187 Å². The van der Waals surface area contributed by atoms with E-state index in [2.05, 4.69) is 15.4 Å². The summed E-state index contributed by atoms with van der Waals surface area (Å²) >= 11 is 7.32. The molecular formula is C22H19ClN4O3S. The first kappa shape index (κ1) is 21.0. The zero-order valence-corrected chi connectivity index (χ0v) is 18.5. The van der Waals surface area contributed by atoms with Gasteiger partial charge in [-0.3, -0.25) is 9.59 Å². The predicted octanol–water partition coefficient (Wildman–Crippen LogP) is 3.78. The number of fused-ring (bicyclic) bond motifs is 1. The largest absolute Gasteiger partial charge is 0.483 e. The Hall–Kier alpha value is -3.23. The molecule has 0 aliphatic heterocycles. The maximum absolute atomic E-state index is 12.4.